The van der Waals surface area contributed by atoms with Crippen LogP contribution in [0.2, 0.25) is 0 Å². The molecule has 0 saturated heterocycles. The quantitative estimate of drug-likeness (QED) is 0.806. The number of nitrogens with zero attached hydrogens (tertiary/aromatic N) is 2. The third-order valence-corrected chi connectivity index (χ3v) is 3.86. The normalized spacial score (nSPS) is 17.8. The van der Waals surface area contributed by atoms with Gasteiger partial charge in [0.2, 0.25) is 0 Å². The van der Waals surface area contributed by atoms with Crippen LogP contribution in [0.1, 0.15) is 31.7 Å². The van der Waals surface area contributed by atoms with Crippen LogP contribution >= 0.6 is 15.9 Å². The Hall–Kier alpha value is -1.16. The van der Waals surface area contributed by atoms with Crippen LogP contribution in [0.5, 0.6) is 0 Å². The molecular formula is C13H13BrN2O. The summed E-state index contributed by atoms with van der Waals surface area (Å²) in [6, 6.07) is 6.49. The van der Waals surface area contributed by atoms with Crippen molar-refractivity contribution < 1.29 is 4.79 Å². The number of carbonyl (C=O) groups is 1. The number of rotatable bonds is 1. The van der Waals surface area contributed by atoms with Gasteiger partial charge in [-0.25, -0.2) is 0 Å². The van der Waals surface area contributed by atoms with E-state index in [0.29, 0.717) is 24.7 Å². The van der Waals surface area contributed by atoms with E-state index in [4.69, 9.17) is 0 Å². The molecule has 0 unspecified atom stereocenters. The van der Waals surface area contributed by atoms with Gasteiger partial charge in [0.15, 0.2) is 0 Å². The molecule has 1 aliphatic rings. The van der Waals surface area contributed by atoms with E-state index in [1.54, 1.807) is 0 Å². The zero-order valence-corrected chi connectivity index (χ0v) is 11.0. The molecule has 0 bridgehead atoms. The van der Waals surface area contributed by atoms with Gasteiger partial charge in [0.1, 0.15) is 5.78 Å². The molecule has 0 radical (unpaired) electrons. The molecule has 0 aliphatic heterocycles. The molecule has 4 heteroatoms. The molecule has 2 aromatic rings. The standard InChI is InChI=1S/C13H13BrN2O/c14-10-1-6-13-9(7-10)8-16(15-13)11-2-4-12(17)5-3-11/h1,6-8,11H,2-5H2. The molecule has 1 aromatic heterocycles. The maximum Gasteiger partial charge on any atom is 0.133 e. The van der Waals surface area contributed by atoms with Crippen molar-refractivity contribution in [2.75, 3.05) is 0 Å². The van der Waals surface area contributed by atoms with E-state index in [2.05, 4.69) is 33.3 Å². The Balaban J connectivity index is 1.92. The fraction of sp³-hybridized carbons (Fsp3) is 0.385. The topological polar surface area (TPSA) is 34.9 Å². The first-order valence-corrected chi connectivity index (χ1v) is 6.68. The molecule has 0 N–H and O–H groups in total. The molecule has 0 amide bonds. The molecule has 3 nitrogen and oxygen atoms in total. The molecule has 1 fully saturated rings. The Morgan fingerprint density at radius 3 is 2.82 bits per heavy atom. The number of hydrogen-bond acceptors (Lipinski definition) is 2. The molecule has 0 atom stereocenters. The van der Waals surface area contributed by atoms with Crippen molar-refractivity contribution >= 4 is 32.6 Å². The Morgan fingerprint density at radius 2 is 2.06 bits per heavy atom. The second-order valence-corrected chi connectivity index (χ2v) is 5.50. The largest absolute Gasteiger partial charge is 0.300 e. The van der Waals surface area contributed by atoms with Crippen molar-refractivity contribution in [1.29, 1.82) is 0 Å². The summed E-state index contributed by atoms with van der Waals surface area (Å²) in [5, 5.41) is 5.74. The second kappa shape index (κ2) is 4.26. The number of Topliss-reactive ketones (excluding diaryl/α,β-unsaturated/α-hetero) is 1. The van der Waals surface area contributed by atoms with Crippen molar-refractivity contribution in [1.82, 2.24) is 9.78 Å². The van der Waals surface area contributed by atoms with Crippen LogP contribution in [0.3, 0.4) is 0 Å². The monoisotopic (exact) mass is 292 g/mol. The smallest absolute Gasteiger partial charge is 0.133 e. The van der Waals surface area contributed by atoms with E-state index in [9.17, 15) is 4.79 Å². The highest BCUT2D eigenvalue weighted by Crippen LogP contribution is 2.28. The molecule has 17 heavy (non-hydrogen) atoms. The van der Waals surface area contributed by atoms with E-state index >= 15 is 0 Å². The van der Waals surface area contributed by atoms with E-state index in [0.717, 1.165) is 28.2 Å². The lowest BCUT2D eigenvalue weighted by molar-refractivity contribution is -0.120. The van der Waals surface area contributed by atoms with Gasteiger partial charge >= 0.3 is 0 Å². The van der Waals surface area contributed by atoms with E-state index in [1.165, 1.54) is 0 Å². The molecular weight excluding hydrogens is 280 g/mol. The van der Waals surface area contributed by atoms with Gasteiger partial charge in [0.25, 0.3) is 0 Å². The van der Waals surface area contributed by atoms with Crippen LogP contribution < -0.4 is 0 Å². The Bertz CT molecular complexity index is 566. The maximum atomic E-state index is 11.2. The minimum absolute atomic E-state index is 0.388. The average Bonchev–Trinajstić information content (AvgIpc) is 2.72. The molecule has 1 aromatic carbocycles. The van der Waals surface area contributed by atoms with Gasteiger partial charge in [-0.15, -0.1) is 0 Å². The van der Waals surface area contributed by atoms with Gasteiger partial charge in [0.05, 0.1) is 11.6 Å². The summed E-state index contributed by atoms with van der Waals surface area (Å²) >= 11 is 3.46. The van der Waals surface area contributed by atoms with Crippen LogP contribution in [0.25, 0.3) is 10.9 Å². The zero-order valence-electron chi connectivity index (χ0n) is 9.40. The molecule has 1 aliphatic carbocycles. The minimum Gasteiger partial charge on any atom is -0.300 e. The van der Waals surface area contributed by atoms with Crippen LogP contribution in [0.4, 0.5) is 0 Å². The first kappa shape index (κ1) is 11.0. The van der Waals surface area contributed by atoms with Crippen molar-refractivity contribution in [3.8, 4) is 0 Å². The van der Waals surface area contributed by atoms with Gasteiger partial charge in [0, 0.05) is 28.9 Å². The Morgan fingerprint density at radius 1 is 1.29 bits per heavy atom. The summed E-state index contributed by atoms with van der Waals surface area (Å²) in [5.41, 5.74) is 1.02. The maximum absolute atomic E-state index is 11.2. The van der Waals surface area contributed by atoms with Crippen molar-refractivity contribution in [3.63, 3.8) is 0 Å². The molecule has 1 heterocycles. The van der Waals surface area contributed by atoms with Gasteiger partial charge in [-0.1, -0.05) is 15.9 Å². The number of aromatic nitrogens is 2. The number of fused-ring (bicyclic) bond motifs is 1. The summed E-state index contributed by atoms with van der Waals surface area (Å²) in [6.45, 7) is 0. The van der Waals surface area contributed by atoms with Gasteiger partial charge < -0.3 is 0 Å². The molecule has 88 valence electrons. The Labute approximate surface area is 108 Å². The van der Waals surface area contributed by atoms with Crippen molar-refractivity contribution in [2.45, 2.75) is 31.7 Å². The predicted octanol–water partition coefficient (Wildman–Crippen LogP) is 3.48. The zero-order chi connectivity index (χ0) is 11.8. The lowest BCUT2D eigenvalue weighted by Gasteiger charge is -2.20. The van der Waals surface area contributed by atoms with Crippen LogP contribution in [-0.2, 0) is 4.79 Å². The summed E-state index contributed by atoms with van der Waals surface area (Å²) in [6.07, 6.45) is 5.33. The van der Waals surface area contributed by atoms with E-state index in [1.807, 2.05) is 16.8 Å². The summed E-state index contributed by atoms with van der Waals surface area (Å²) < 4.78 is 3.10. The number of ketones is 1. The number of halogens is 1. The van der Waals surface area contributed by atoms with Crippen molar-refractivity contribution in [3.05, 3.63) is 28.9 Å². The highest BCUT2D eigenvalue weighted by atomic mass is 79.9. The SMILES string of the molecule is O=C1CCC(n2cc3cc(Br)ccc3n2)CC1. The first-order valence-electron chi connectivity index (χ1n) is 5.88. The summed E-state index contributed by atoms with van der Waals surface area (Å²) in [5.74, 6) is 0.390. The lowest BCUT2D eigenvalue weighted by atomic mass is 9.95. The van der Waals surface area contributed by atoms with Gasteiger partial charge in [-0.3, -0.25) is 9.48 Å². The van der Waals surface area contributed by atoms with Crippen LogP contribution in [-0.4, -0.2) is 15.6 Å². The number of carbonyl (C=O) groups excluding carboxylic acids is 1. The van der Waals surface area contributed by atoms with Gasteiger partial charge in [-0.05, 0) is 31.0 Å². The minimum atomic E-state index is 0.388. The molecule has 1 saturated carbocycles. The lowest BCUT2D eigenvalue weighted by Crippen LogP contribution is -2.18. The fourth-order valence-corrected chi connectivity index (χ4v) is 2.77. The van der Waals surface area contributed by atoms with Crippen LogP contribution in [0.15, 0.2) is 28.9 Å². The molecule has 0 spiro atoms. The summed E-state index contributed by atoms with van der Waals surface area (Å²) in [4.78, 5) is 11.2. The third-order valence-electron chi connectivity index (χ3n) is 3.37. The molecule has 3 rings (SSSR count). The van der Waals surface area contributed by atoms with Crippen LogP contribution in [0, 0.1) is 0 Å². The third kappa shape index (κ3) is 2.14. The highest BCUT2D eigenvalue weighted by Gasteiger charge is 2.20. The number of hydrogen-bond donors (Lipinski definition) is 0. The Kier molecular flexibility index (Phi) is 2.74. The predicted molar refractivity (Wildman–Crippen MR) is 69.9 cm³/mol. The second-order valence-electron chi connectivity index (χ2n) is 4.58. The van der Waals surface area contributed by atoms with E-state index in [-0.39, 0.29) is 0 Å². The summed E-state index contributed by atoms with van der Waals surface area (Å²) in [7, 11) is 0. The average molecular weight is 293 g/mol. The first-order chi connectivity index (χ1) is 8.22. The highest BCUT2D eigenvalue weighted by molar-refractivity contribution is 9.10. The van der Waals surface area contributed by atoms with Gasteiger partial charge in [-0.2, -0.15) is 5.10 Å². The number of benzene rings is 1. The fourth-order valence-electron chi connectivity index (χ4n) is 2.39. The van der Waals surface area contributed by atoms with Crippen molar-refractivity contribution in [2.24, 2.45) is 0 Å². The van der Waals surface area contributed by atoms with E-state index < -0.39 is 0 Å².